The molecule has 1 amide bonds. The zero-order valence-electron chi connectivity index (χ0n) is 15.9. The third-order valence-electron chi connectivity index (χ3n) is 4.59. The third kappa shape index (κ3) is 4.12. The number of rotatable bonds is 6. The Hall–Kier alpha value is -4.20. The molecule has 0 bridgehead atoms. The SMILES string of the molecule is Nc1c(NCc2ccc(F)cc2)ncnc1NNC(=O)c1cccc2ccccc12. The quantitative estimate of drug-likeness (QED) is 0.367. The van der Waals surface area contributed by atoms with E-state index < -0.39 is 0 Å². The number of hydrogen-bond acceptors (Lipinski definition) is 6. The maximum absolute atomic E-state index is 13.0. The van der Waals surface area contributed by atoms with Gasteiger partial charge < -0.3 is 11.1 Å². The van der Waals surface area contributed by atoms with Crippen molar-refractivity contribution >= 4 is 34.0 Å². The fraction of sp³-hybridized carbons (Fsp3) is 0.0455. The number of carbonyl (C=O) groups is 1. The predicted molar refractivity (Wildman–Crippen MR) is 115 cm³/mol. The molecule has 0 atom stereocenters. The third-order valence-corrected chi connectivity index (χ3v) is 4.59. The second-order valence-electron chi connectivity index (χ2n) is 6.57. The van der Waals surface area contributed by atoms with Crippen molar-refractivity contribution in [1.29, 1.82) is 0 Å². The molecule has 0 radical (unpaired) electrons. The van der Waals surface area contributed by atoms with Gasteiger partial charge in [0, 0.05) is 12.1 Å². The standard InChI is InChI=1S/C22H19FN6O/c23-16-10-8-14(9-11-16)12-25-20-19(24)21(27-13-26-20)28-29-22(30)18-7-3-5-15-4-1-2-6-17(15)18/h1-11,13H,12,24H2,(H,29,30)(H2,25,26,27,28). The minimum atomic E-state index is -0.314. The van der Waals surface area contributed by atoms with Gasteiger partial charge in [0.25, 0.3) is 5.91 Å². The van der Waals surface area contributed by atoms with Crippen LogP contribution in [0.25, 0.3) is 10.8 Å². The highest BCUT2D eigenvalue weighted by Crippen LogP contribution is 2.23. The van der Waals surface area contributed by atoms with Crippen molar-refractivity contribution in [3.63, 3.8) is 0 Å². The van der Waals surface area contributed by atoms with Crippen molar-refractivity contribution in [2.24, 2.45) is 0 Å². The van der Waals surface area contributed by atoms with E-state index in [0.717, 1.165) is 16.3 Å². The molecule has 150 valence electrons. The van der Waals surface area contributed by atoms with E-state index in [4.69, 9.17) is 5.73 Å². The van der Waals surface area contributed by atoms with Crippen LogP contribution < -0.4 is 21.9 Å². The van der Waals surface area contributed by atoms with Crippen molar-refractivity contribution in [2.75, 3.05) is 16.5 Å². The average molecular weight is 402 g/mol. The summed E-state index contributed by atoms with van der Waals surface area (Å²) in [6.07, 6.45) is 1.33. The smallest absolute Gasteiger partial charge is 0.270 e. The Morgan fingerprint density at radius 2 is 1.67 bits per heavy atom. The summed E-state index contributed by atoms with van der Waals surface area (Å²) < 4.78 is 13.0. The number of amides is 1. The largest absolute Gasteiger partial charge is 0.393 e. The molecule has 0 saturated carbocycles. The van der Waals surface area contributed by atoms with E-state index in [9.17, 15) is 9.18 Å². The molecule has 0 aliphatic carbocycles. The van der Waals surface area contributed by atoms with Crippen LogP contribution in [0.3, 0.4) is 0 Å². The first-order valence-electron chi connectivity index (χ1n) is 9.25. The fourth-order valence-electron chi connectivity index (χ4n) is 3.03. The van der Waals surface area contributed by atoms with E-state index in [-0.39, 0.29) is 23.2 Å². The van der Waals surface area contributed by atoms with Gasteiger partial charge in [0.2, 0.25) is 0 Å². The summed E-state index contributed by atoms with van der Waals surface area (Å²) in [6.45, 7) is 0.406. The summed E-state index contributed by atoms with van der Waals surface area (Å²) in [4.78, 5) is 20.9. The van der Waals surface area contributed by atoms with E-state index in [1.165, 1.54) is 18.5 Å². The minimum absolute atomic E-state index is 0.248. The van der Waals surface area contributed by atoms with Gasteiger partial charge in [-0.1, -0.05) is 48.5 Å². The number of nitrogen functional groups attached to an aromatic ring is 1. The Labute approximate surface area is 172 Å². The lowest BCUT2D eigenvalue weighted by molar-refractivity contribution is 0.0964. The normalized spacial score (nSPS) is 10.6. The lowest BCUT2D eigenvalue weighted by atomic mass is 10.0. The van der Waals surface area contributed by atoms with Crippen LogP contribution in [0.1, 0.15) is 15.9 Å². The van der Waals surface area contributed by atoms with Crippen molar-refractivity contribution in [3.05, 3.63) is 90.0 Å². The van der Waals surface area contributed by atoms with Crippen molar-refractivity contribution in [3.8, 4) is 0 Å². The van der Waals surface area contributed by atoms with Crippen LogP contribution in [0.4, 0.5) is 21.7 Å². The predicted octanol–water partition coefficient (Wildman–Crippen LogP) is 3.72. The zero-order valence-corrected chi connectivity index (χ0v) is 15.9. The summed E-state index contributed by atoms with van der Waals surface area (Å²) in [7, 11) is 0. The highest BCUT2D eigenvalue weighted by atomic mass is 19.1. The highest BCUT2D eigenvalue weighted by Gasteiger charge is 2.12. The first-order chi connectivity index (χ1) is 14.6. The minimum Gasteiger partial charge on any atom is -0.393 e. The number of hydrogen-bond donors (Lipinski definition) is 4. The molecule has 0 unspecified atom stereocenters. The highest BCUT2D eigenvalue weighted by molar-refractivity contribution is 6.07. The van der Waals surface area contributed by atoms with Crippen LogP contribution in [0, 0.1) is 5.82 Å². The van der Waals surface area contributed by atoms with Gasteiger partial charge >= 0.3 is 0 Å². The molecule has 3 aromatic carbocycles. The molecular weight excluding hydrogens is 383 g/mol. The van der Waals surface area contributed by atoms with Crippen molar-refractivity contribution in [1.82, 2.24) is 15.4 Å². The Balaban J connectivity index is 1.45. The number of hydrazine groups is 1. The van der Waals surface area contributed by atoms with Crippen LogP contribution in [0.2, 0.25) is 0 Å². The van der Waals surface area contributed by atoms with Crippen LogP contribution in [0.15, 0.2) is 73.1 Å². The first-order valence-corrected chi connectivity index (χ1v) is 9.25. The molecular formula is C22H19FN6O. The van der Waals surface area contributed by atoms with Crippen LogP contribution >= 0.6 is 0 Å². The van der Waals surface area contributed by atoms with Crippen LogP contribution in [-0.2, 0) is 6.54 Å². The molecule has 0 aliphatic heterocycles. The number of nitrogens with two attached hydrogens (primary N) is 1. The van der Waals surface area contributed by atoms with Crippen LogP contribution in [-0.4, -0.2) is 15.9 Å². The van der Waals surface area contributed by atoms with Gasteiger partial charge in [0.05, 0.1) is 0 Å². The Kier molecular flexibility index (Phi) is 5.38. The van der Waals surface area contributed by atoms with Gasteiger partial charge in [-0.2, -0.15) is 0 Å². The van der Waals surface area contributed by atoms with Gasteiger partial charge in [-0.15, -0.1) is 0 Å². The average Bonchev–Trinajstić information content (AvgIpc) is 2.78. The van der Waals surface area contributed by atoms with Crippen LogP contribution in [0.5, 0.6) is 0 Å². The zero-order chi connectivity index (χ0) is 20.9. The van der Waals surface area contributed by atoms with Crippen molar-refractivity contribution in [2.45, 2.75) is 6.54 Å². The lowest BCUT2D eigenvalue weighted by Crippen LogP contribution is -2.30. The number of fused-ring (bicyclic) bond motifs is 1. The van der Waals surface area contributed by atoms with Gasteiger partial charge in [0.15, 0.2) is 11.6 Å². The van der Waals surface area contributed by atoms with E-state index in [1.54, 1.807) is 18.2 Å². The molecule has 8 heteroatoms. The molecule has 1 aromatic heterocycles. The van der Waals surface area contributed by atoms with Gasteiger partial charge in [-0.25, -0.2) is 14.4 Å². The monoisotopic (exact) mass is 402 g/mol. The fourth-order valence-corrected chi connectivity index (χ4v) is 3.03. The number of aromatic nitrogens is 2. The maximum atomic E-state index is 13.0. The summed E-state index contributed by atoms with van der Waals surface area (Å²) >= 11 is 0. The van der Waals surface area contributed by atoms with E-state index in [1.807, 2.05) is 36.4 Å². The van der Waals surface area contributed by atoms with Crippen molar-refractivity contribution < 1.29 is 9.18 Å². The molecule has 5 N–H and O–H groups in total. The second kappa shape index (κ2) is 8.44. The maximum Gasteiger partial charge on any atom is 0.270 e. The number of nitrogens with zero attached hydrogens (tertiary/aromatic N) is 2. The number of anilines is 3. The summed E-state index contributed by atoms with van der Waals surface area (Å²) in [5.74, 6) is 0.0517. The molecule has 7 nitrogen and oxygen atoms in total. The van der Waals surface area contributed by atoms with E-state index in [0.29, 0.717) is 17.9 Å². The van der Waals surface area contributed by atoms with Gasteiger partial charge in [-0.05, 0) is 34.5 Å². The van der Waals surface area contributed by atoms with E-state index in [2.05, 4.69) is 26.1 Å². The molecule has 0 saturated heterocycles. The first kappa shape index (κ1) is 19.1. The Morgan fingerprint density at radius 3 is 2.50 bits per heavy atom. The molecule has 4 aromatic rings. The number of carbonyl (C=O) groups excluding carboxylic acids is 1. The molecule has 30 heavy (non-hydrogen) atoms. The summed E-state index contributed by atoms with van der Waals surface area (Å²) in [6, 6.07) is 19.3. The Bertz CT molecular complexity index is 1190. The number of benzene rings is 3. The molecule has 0 aliphatic rings. The van der Waals surface area contributed by atoms with Gasteiger partial charge in [0.1, 0.15) is 17.8 Å². The number of halogens is 1. The molecule has 1 heterocycles. The molecule has 4 rings (SSSR count). The van der Waals surface area contributed by atoms with Gasteiger partial charge in [-0.3, -0.25) is 15.6 Å². The topological polar surface area (TPSA) is 105 Å². The summed E-state index contributed by atoms with van der Waals surface area (Å²) in [5.41, 5.74) is 13.2. The Morgan fingerprint density at radius 1 is 0.933 bits per heavy atom. The summed E-state index contributed by atoms with van der Waals surface area (Å²) in [5, 5.41) is 4.90. The van der Waals surface area contributed by atoms with E-state index >= 15 is 0 Å². The molecule has 0 spiro atoms. The molecule has 0 fully saturated rings. The second-order valence-corrected chi connectivity index (χ2v) is 6.57. The number of nitrogens with one attached hydrogen (secondary N) is 3. The lowest BCUT2D eigenvalue weighted by Gasteiger charge is -2.14.